The summed E-state index contributed by atoms with van der Waals surface area (Å²) in [7, 11) is 0. The first-order valence-electron chi connectivity index (χ1n) is 3.87. The van der Waals surface area contributed by atoms with E-state index in [9.17, 15) is 0 Å². The summed E-state index contributed by atoms with van der Waals surface area (Å²) in [5.74, 6) is 1.86. The molecule has 0 bridgehead atoms. The van der Waals surface area contributed by atoms with E-state index >= 15 is 0 Å². The molecule has 0 unspecified atom stereocenters. The lowest BCUT2D eigenvalue weighted by atomic mass is 10.5. The SMILES string of the molecule is OCCCSCc1cnccn1. The molecule has 0 saturated carbocycles. The third kappa shape index (κ3) is 3.69. The molecule has 1 rings (SSSR count). The maximum absolute atomic E-state index is 8.52. The first kappa shape index (κ1) is 9.48. The van der Waals surface area contributed by atoms with Gasteiger partial charge in [-0.15, -0.1) is 0 Å². The molecule has 1 aromatic rings. The van der Waals surface area contributed by atoms with Gasteiger partial charge in [-0.3, -0.25) is 9.97 Å². The van der Waals surface area contributed by atoms with Crippen molar-refractivity contribution in [2.75, 3.05) is 12.4 Å². The van der Waals surface area contributed by atoms with Crippen LogP contribution in [-0.2, 0) is 5.75 Å². The van der Waals surface area contributed by atoms with Crippen LogP contribution in [0.1, 0.15) is 12.1 Å². The van der Waals surface area contributed by atoms with Crippen LogP contribution in [0.4, 0.5) is 0 Å². The maximum atomic E-state index is 8.52. The summed E-state index contributed by atoms with van der Waals surface area (Å²) < 4.78 is 0. The zero-order chi connectivity index (χ0) is 8.65. The Morgan fingerprint density at radius 3 is 3.00 bits per heavy atom. The molecule has 0 atom stereocenters. The molecule has 1 aromatic heterocycles. The van der Waals surface area contributed by atoms with Crippen LogP contribution in [0.2, 0.25) is 0 Å². The normalized spacial score (nSPS) is 10.1. The Labute approximate surface area is 76.2 Å². The van der Waals surface area contributed by atoms with Crippen LogP contribution in [0.25, 0.3) is 0 Å². The molecule has 0 aromatic carbocycles. The van der Waals surface area contributed by atoms with E-state index in [-0.39, 0.29) is 6.61 Å². The highest BCUT2D eigenvalue weighted by Crippen LogP contribution is 2.08. The number of nitrogens with zero attached hydrogens (tertiary/aromatic N) is 2. The molecule has 66 valence electrons. The van der Waals surface area contributed by atoms with Gasteiger partial charge in [-0.25, -0.2) is 0 Å². The molecule has 12 heavy (non-hydrogen) atoms. The summed E-state index contributed by atoms with van der Waals surface area (Å²) in [4.78, 5) is 8.09. The molecule has 1 N–H and O–H groups in total. The standard InChI is InChI=1S/C8H12N2OS/c11-4-1-5-12-7-8-6-9-2-3-10-8/h2-3,6,11H,1,4-5,7H2. The third-order valence-corrected chi connectivity index (χ3v) is 2.39. The predicted octanol–water partition coefficient (Wildman–Crippen LogP) is 1.09. The summed E-state index contributed by atoms with van der Waals surface area (Å²) in [6.45, 7) is 0.271. The lowest BCUT2D eigenvalue weighted by molar-refractivity contribution is 0.296. The summed E-state index contributed by atoms with van der Waals surface area (Å²) >= 11 is 1.77. The lowest BCUT2D eigenvalue weighted by Gasteiger charge is -1.98. The third-order valence-electron chi connectivity index (χ3n) is 1.31. The van der Waals surface area contributed by atoms with Crippen molar-refractivity contribution in [3.05, 3.63) is 24.3 Å². The second-order valence-corrected chi connectivity index (χ2v) is 3.43. The van der Waals surface area contributed by atoms with Crippen molar-refractivity contribution in [3.8, 4) is 0 Å². The molecule has 0 aliphatic carbocycles. The molecule has 0 aliphatic rings. The van der Waals surface area contributed by atoms with Crippen molar-refractivity contribution in [1.82, 2.24) is 9.97 Å². The highest BCUT2D eigenvalue weighted by atomic mass is 32.2. The van der Waals surface area contributed by atoms with Crippen LogP contribution >= 0.6 is 11.8 Å². The van der Waals surface area contributed by atoms with Gasteiger partial charge in [-0.1, -0.05) is 0 Å². The van der Waals surface area contributed by atoms with Gasteiger partial charge in [0.15, 0.2) is 0 Å². The van der Waals surface area contributed by atoms with Gasteiger partial charge in [0.25, 0.3) is 0 Å². The Kier molecular flexibility index (Phi) is 4.71. The van der Waals surface area contributed by atoms with Gasteiger partial charge >= 0.3 is 0 Å². The van der Waals surface area contributed by atoms with Gasteiger partial charge in [0.1, 0.15) is 0 Å². The molecule has 0 radical (unpaired) electrons. The van der Waals surface area contributed by atoms with Gasteiger partial charge in [-0.05, 0) is 12.2 Å². The van der Waals surface area contributed by atoms with E-state index < -0.39 is 0 Å². The molecular formula is C8H12N2OS. The first-order chi connectivity index (χ1) is 5.93. The topological polar surface area (TPSA) is 46.0 Å². The van der Waals surface area contributed by atoms with Gasteiger partial charge in [0.2, 0.25) is 0 Å². The van der Waals surface area contributed by atoms with Gasteiger partial charge in [0.05, 0.1) is 5.69 Å². The van der Waals surface area contributed by atoms with Crippen molar-refractivity contribution in [1.29, 1.82) is 0 Å². The van der Waals surface area contributed by atoms with E-state index in [1.165, 1.54) is 0 Å². The Hall–Kier alpha value is -0.610. The molecular weight excluding hydrogens is 172 g/mol. The lowest BCUT2D eigenvalue weighted by Crippen LogP contribution is -1.90. The average molecular weight is 184 g/mol. The number of thioether (sulfide) groups is 1. The Morgan fingerprint density at radius 1 is 1.42 bits per heavy atom. The fraction of sp³-hybridized carbons (Fsp3) is 0.500. The molecule has 0 saturated heterocycles. The minimum atomic E-state index is 0.271. The molecule has 0 spiro atoms. The van der Waals surface area contributed by atoms with Crippen LogP contribution in [0, 0.1) is 0 Å². The van der Waals surface area contributed by atoms with Crippen LogP contribution < -0.4 is 0 Å². The van der Waals surface area contributed by atoms with Gasteiger partial charge in [-0.2, -0.15) is 11.8 Å². The van der Waals surface area contributed by atoms with E-state index in [1.54, 1.807) is 30.4 Å². The van der Waals surface area contributed by atoms with Crippen molar-refractivity contribution in [2.45, 2.75) is 12.2 Å². The summed E-state index contributed by atoms with van der Waals surface area (Å²) in [5, 5.41) is 8.52. The quantitative estimate of drug-likeness (QED) is 0.696. The van der Waals surface area contributed by atoms with Crippen LogP contribution in [-0.4, -0.2) is 27.4 Å². The zero-order valence-corrected chi connectivity index (χ0v) is 7.63. The molecule has 3 nitrogen and oxygen atoms in total. The highest BCUT2D eigenvalue weighted by molar-refractivity contribution is 7.98. The number of rotatable bonds is 5. The highest BCUT2D eigenvalue weighted by Gasteiger charge is 1.93. The fourth-order valence-electron chi connectivity index (χ4n) is 0.748. The number of aliphatic hydroxyl groups excluding tert-OH is 1. The molecule has 4 heteroatoms. The van der Waals surface area contributed by atoms with E-state index in [1.807, 2.05) is 0 Å². The zero-order valence-electron chi connectivity index (χ0n) is 6.81. The summed E-state index contributed by atoms with van der Waals surface area (Å²) in [5.41, 5.74) is 1.00. The number of hydrogen-bond donors (Lipinski definition) is 1. The van der Waals surface area contributed by atoms with Gasteiger partial charge < -0.3 is 5.11 Å². The predicted molar refractivity (Wildman–Crippen MR) is 49.9 cm³/mol. The number of hydrogen-bond acceptors (Lipinski definition) is 4. The minimum absolute atomic E-state index is 0.271. The second-order valence-electron chi connectivity index (χ2n) is 2.33. The van der Waals surface area contributed by atoms with Crippen molar-refractivity contribution >= 4 is 11.8 Å². The Morgan fingerprint density at radius 2 is 2.33 bits per heavy atom. The Balaban J connectivity index is 2.16. The van der Waals surface area contributed by atoms with Crippen molar-refractivity contribution in [2.24, 2.45) is 0 Å². The molecule has 0 amide bonds. The van der Waals surface area contributed by atoms with Crippen molar-refractivity contribution < 1.29 is 5.11 Å². The summed E-state index contributed by atoms with van der Waals surface area (Å²) in [6, 6.07) is 0. The number of aromatic nitrogens is 2. The van der Waals surface area contributed by atoms with E-state index in [4.69, 9.17) is 5.11 Å². The summed E-state index contributed by atoms with van der Waals surface area (Å²) in [6.07, 6.45) is 5.99. The number of aliphatic hydroxyl groups is 1. The maximum Gasteiger partial charge on any atom is 0.0685 e. The molecule has 1 heterocycles. The minimum Gasteiger partial charge on any atom is -0.396 e. The monoisotopic (exact) mass is 184 g/mol. The van der Waals surface area contributed by atoms with Crippen LogP contribution in [0.15, 0.2) is 18.6 Å². The molecule has 0 aliphatic heterocycles. The second kappa shape index (κ2) is 5.97. The first-order valence-corrected chi connectivity index (χ1v) is 5.02. The van der Waals surface area contributed by atoms with Crippen molar-refractivity contribution in [3.63, 3.8) is 0 Å². The van der Waals surface area contributed by atoms with E-state index in [0.29, 0.717) is 0 Å². The van der Waals surface area contributed by atoms with E-state index in [0.717, 1.165) is 23.6 Å². The fourth-order valence-corrected chi connectivity index (χ4v) is 1.58. The Bertz CT molecular complexity index is 205. The smallest absolute Gasteiger partial charge is 0.0685 e. The van der Waals surface area contributed by atoms with Crippen LogP contribution in [0.5, 0.6) is 0 Å². The van der Waals surface area contributed by atoms with E-state index in [2.05, 4.69) is 9.97 Å². The molecule has 0 fully saturated rings. The van der Waals surface area contributed by atoms with Gasteiger partial charge in [0, 0.05) is 31.0 Å². The largest absolute Gasteiger partial charge is 0.396 e. The average Bonchev–Trinajstić information content (AvgIpc) is 2.14. The van der Waals surface area contributed by atoms with Crippen LogP contribution in [0.3, 0.4) is 0 Å².